The summed E-state index contributed by atoms with van der Waals surface area (Å²) >= 11 is 0. The second kappa shape index (κ2) is 5.33. The van der Waals surface area contributed by atoms with Crippen LogP contribution < -0.4 is 14.8 Å². The second-order valence-corrected chi connectivity index (χ2v) is 4.72. The van der Waals surface area contributed by atoms with Gasteiger partial charge in [0, 0.05) is 5.69 Å². The molecule has 1 atom stereocenters. The van der Waals surface area contributed by atoms with Gasteiger partial charge in [-0.2, -0.15) is 8.42 Å². The molecule has 1 aliphatic heterocycles. The van der Waals surface area contributed by atoms with Gasteiger partial charge in [0.25, 0.3) is 5.91 Å². The van der Waals surface area contributed by atoms with Crippen LogP contribution in [0.2, 0.25) is 0 Å². The molecule has 1 aromatic rings. The van der Waals surface area contributed by atoms with E-state index in [4.69, 9.17) is 0 Å². The van der Waals surface area contributed by atoms with Gasteiger partial charge in [-0.25, -0.2) is 4.79 Å². The highest BCUT2D eigenvalue weighted by atomic mass is 32.3. The maximum Gasteiger partial charge on any atom is 0.488 e. The average Bonchev–Trinajstić information content (AvgIpc) is 2.77. The summed E-state index contributed by atoms with van der Waals surface area (Å²) in [6.07, 6.45) is -1.62. The number of benzene rings is 1. The largest absolute Gasteiger partial charge is 0.488 e. The van der Waals surface area contributed by atoms with Crippen molar-refractivity contribution < 1.29 is 30.8 Å². The van der Waals surface area contributed by atoms with Crippen LogP contribution in [-0.4, -0.2) is 33.1 Å². The molecule has 0 saturated carbocycles. The predicted octanol–water partition coefficient (Wildman–Crippen LogP) is 0.327. The molecule has 1 aliphatic rings. The van der Waals surface area contributed by atoms with E-state index in [0.29, 0.717) is 5.69 Å². The Morgan fingerprint density at radius 3 is 2.55 bits per heavy atom. The van der Waals surface area contributed by atoms with Crippen molar-refractivity contribution in [3.8, 4) is 5.75 Å². The van der Waals surface area contributed by atoms with E-state index in [2.05, 4.69) is 19.6 Å². The fourth-order valence-corrected chi connectivity index (χ4v) is 1.81. The quantitative estimate of drug-likeness (QED) is 0.775. The molecule has 0 radical (unpaired) electrons. The van der Waals surface area contributed by atoms with Gasteiger partial charge in [0.05, 0.1) is 6.54 Å². The third-order valence-corrected chi connectivity index (χ3v) is 2.68. The number of nitrogens with one attached hydrogen (secondary N) is 2. The molecule has 108 valence electrons. The average molecular weight is 304 g/mol. The monoisotopic (exact) mass is 304 g/mol. The van der Waals surface area contributed by atoms with Crippen molar-refractivity contribution in [1.82, 2.24) is 5.32 Å². The number of rotatable bonds is 4. The number of carbonyl (C=O) groups excluding carboxylic acids is 2. The maximum absolute atomic E-state index is 12.3. The van der Waals surface area contributed by atoms with Gasteiger partial charge in [0.15, 0.2) is 6.10 Å². The van der Waals surface area contributed by atoms with E-state index in [1.165, 1.54) is 12.1 Å². The molecule has 2 amide bonds. The Hall–Kier alpha value is -2.36. The molecule has 0 aromatic heterocycles. The minimum atomic E-state index is -5.09. The van der Waals surface area contributed by atoms with Crippen molar-refractivity contribution in [3.63, 3.8) is 0 Å². The first-order valence-corrected chi connectivity index (χ1v) is 6.64. The summed E-state index contributed by atoms with van der Waals surface area (Å²) in [6.45, 7) is 0.0615. The molecular weight excluding hydrogens is 295 g/mol. The Bertz CT molecular complexity index is 630. The number of alkyl carbamates (subject to hydrolysis) is 1. The summed E-state index contributed by atoms with van der Waals surface area (Å²) in [7, 11) is -5.09. The molecule has 10 heteroatoms. The Kier molecular flexibility index (Phi) is 3.74. The molecule has 1 saturated heterocycles. The van der Waals surface area contributed by atoms with Gasteiger partial charge >= 0.3 is 16.6 Å². The fourth-order valence-electron chi connectivity index (χ4n) is 1.47. The van der Waals surface area contributed by atoms with Gasteiger partial charge in [-0.3, -0.25) is 4.79 Å². The minimum absolute atomic E-state index is 0.0615. The van der Waals surface area contributed by atoms with Crippen LogP contribution in [0.4, 0.5) is 14.4 Å². The van der Waals surface area contributed by atoms with E-state index in [1.807, 2.05) is 0 Å². The van der Waals surface area contributed by atoms with Crippen molar-refractivity contribution in [2.75, 3.05) is 11.9 Å². The fraction of sp³-hybridized carbons (Fsp3) is 0.200. The molecule has 2 rings (SSSR count). The summed E-state index contributed by atoms with van der Waals surface area (Å²) in [4.78, 5) is 22.4. The number of anilines is 1. The van der Waals surface area contributed by atoms with Crippen LogP contribution in [-0.2, 0) is 20.0 Å². The lowest BCUT2D eigenvalue weighted by Crippen LogP contribution is -2.30. The van der Waals surface area contributed by atoms with Crippen molar-refractivity contribution in [2.24, 2.45) is 0 Å². The van der Waals surface area contributed by atoms with Crippen molar-refractivity contribution in [1.29, 1.82) is 0 Å². The number of halogens is 1. The molecule has 0 aliphatic carbocycles. The standard InChI is InChI=1S/C10H9FN2O6S/c11-20(16,17)19-7-3-1-6(2-4-7)13-9(14)8-5-12-10(15)18-8/h1-4,8H,5H2,(H,12,15)(H,13,14)/t8-/m0/s1. The molecule has 1 aromatic carbocycles. The van der Waals surface area contributed by atoms with Gasteiger partial charge in [-0.1, -0.05) is 3.89 Å². The number of carbonyl (C=O) groups is 2. The Morgan fingerprint density at radius 1 is 1.40 bits per heavy atom. The summed E-state index contributed by atoms with van der Waals surface area (Å²) in [5, 5.41) is 4.76. The molecule has 0 spiro atoms. The molecular formula is C10H9FN2O6S. The van der Waals surface area contributed by atoms with Crippen LogP contribution in [0.3, 0.4) is 0 Å². The summed E-state index contributed by atoms with van der Waals surface area (Å²) in [6, 6.07) is 4.93. The van der Waals surface area contributed by atoms with Crippen LogP contribution in [0.15, 0.2) is 24.3 Å². The van der Waals surface area contributed by atoms with Crippen molar-refractivity contribution >= 4 is 28.2 Å². The lowest BCUT2D eigenvalue weighted by molar-refractivity contribution is -0.122. The lowest BCUT2D eigenvalue weighted by atomic mass is 10.2. The SMILES string of the molecule is O=C1NC[C@@H](C(=O)Nc2ccc(OS(=O)(=O)F)cc2)O1. The second-order valence-electron chi connectivity index (χ2n) is 3.76. The third-order valence-electron chi connectivity index (χ3n) is 2.29. The van der Waals surface area contributed by atoms with Crippen LogP contribution in [0.1, 0.15) is 0 Å². The van der Waals surface area contributed by atoms with Gasteiger partial charge in [0.1, 0.15) is 5.75 Å². The molecule has 1 heterocycles. The van der Waals surface area contributed by atoms with Gasteiger partial charge in [-0.15, -0.1) is 0 Å². The number of ether oxygens (including phenoxy) is 1. The van der Waals surface area contributed by atoms with Gasteiger partial charge in [0.2, 0.25) is 0 Å². The lowest BCUT2D eigenvalue weighted by Gasteiger charge is -2.09. The predicted molar refractivity (Wildman–Crippen MR) is 64.0 cm³/mol. The minimum Gasteiger partial charge on any atom is -0.434 e. The zero-order chi connectivity index (χ0) is 14.8. The van der Waals surface area contributed by atoms with E-state index >= 15 is 0 Å². The Balaban J connectivity index is 1.97. The van der Waals surface area contributed by atoms with Crippen molar-refractivity contribution in [2.45, 2.75) is 6.10 Å². The molecule has 8 nitrogen and oxygen atoms in total. The highest BCUT2D eigenvalue weighted by Crippen LogP contribution is 2.18. The zero-order valence-electron chi connectivity index (χ0n) is 9.83. The summed E-state index contributed by atoms with van der Waals surface area (Å²) in [5.41, 5.74) is 0.307. The molecule has 2 N–H and O–H groups in total. The van der Waals surface area contributed by atoms with Crippen LogP contribution in [0.25, 0.3) is 0 Å². The molecule has 0 unspecified atom stereocenters. The van der Waals surface area contributed by atoms with Gasteiger partial charge < -0.3 is 19.6 Å². The Morgan fingerprint density at radius 2 is 2.05 bits per heavy atom. The number of hydrogen-bond donors (Lipinski definition) is 2. The summed E-state index contributed by atoms with van der Waals surface area (Å²) in [5.74, 6) is -0.783. The van der Waals surface area contributed by atoms with E-state index in [0.717, 1.165) is 12.1 Å². The number of cyclic esters (lactones) is 1. The van der Waals surface area contributed by atoms with Crippen LogP contribution in [0.5, 0.6) is 5.75 Å². The first-order chi connectivity index (χ1) is 9.33. The molecule has 0 bridgehead atoms. The first kappa shape index (κ1) is 14.1. The highest BCUT2D eigenvalue weighted by molar-refractivity contribution is 7.81. The molecule has 20 heavy (non-hydrogen) atoms. The van der Waals surface area contributed by atoms with Crippen molar-refractivity contribution in [3.05, 3.63) is 24.3 Å². The number of hydrogen-bond acceptors (Lipinski definition) is 6. The van der Waals surface area contributed by atoms with E-state index in [-0.39, 0.29) is 12.3 Å². The van der Waals surface area contributed by atoms with E-state index in [9.17, 15) is 21.9 Å². The maximum atomic E-state index is 12.3. The smallest absolute Gasteiger partial charge is 0.434 e. The zero-order valence-corrected chi connectivity index (χ0v) is 10.6. The van der Waals surface area contributed by atoms with Crippen LogP contribution >= 0.6 is 0 Å². The summed E-state index contributed by atoms with van der Waals surface area (Å²) < 4.78 is 41.4. The number of amides is 2. The topological polar surface area (TPSA) is 111 Å². The first-order valence-electron chi connectivity index (χ1n) is 5.33. The van der Waals surface area contributed by atoms with Crippen LogP contribution in [0, 0.1) is 0 Å². The van der Waals surface area contributed by atoms with Gasteiger partial charge in [-0.05, 0) is 24.3 Å². The Labute approximate surface area is 113 Å². The normalized spacial score (nSPS) is 18.1. The van der Waals surface area contributed by atoms with E-state index in [1.54, 1.807) is 0 Å². The third kappa shape index (κ3) is 3.82. The van der Waals surface area contributed by atoms with E-state index < -0.39 is 28.6 Å². The highest BCUT2D eigenvalue weighted by Gasteiger charge is 2.29. The molecule has 1 fully saturated rings.